The number of fused-ring (bicyclic) bond motifs is 1. The third kappa shape index (κ3) is 5.77. The summed E-state index contributed by atoms with van der Waals surface area (Å²) in [7, 11) is -5.70. The number of halogens is 3. The minimum absolute atomic E-state index is 0.0214. The monoisotopic (exact) mass is 546 g/mol. The van der Waals surface area contributed by atoms with Gasteiger partial charge in [0, 0.05) is 18.3 Å². The van der Waals surface area contributed by atoms with Crippen LogP contribution in [0, 0.1) is 0 Å². The number of hydrogen-bond donors (Lipinski definition) is 1. The number of carbonyl (C=O) groups excluding carboxylic acids is 1. The molecule has 15 heteroatoms. The molecule has 1 fully saturated rings. The first-order valence-electron chi connectivity index (χ1n) is 11.4. The average molecular weight is 547 g/mol. The van der Waals surface area contributed by atoms with Crippen LogP contribution in [0.1, 0.15) is 61.3 Å². The van der Waals surface area contributed by atoms with E-state index in [4.69, 9.17) is 4.74 Å². The number of hydrogen-bond acceptors (Lipinski definition) is 10. The summed E-state index contributed by atoms with van der Waals surface area (Å²) in [5.41, 5.74) is -4.56. The minimum Gasteiger partial charge on any atom is -0.457 e. The summed E-state index contributed by atoms with van der Waals surface area (Å²) in [6.07, 6.45) is 4.87. The Morgan fingerprint density at radius 2 is 1.92 bits per heavy atom. The van der Waals surface area contributed by atoms with E-state index < -0.39 is 21.5 Å². The van der Waals surface area contributed by atoms with Crippen LogP contribution in [-0.4, -0.2) is 48.8 Å². The summed E-state index contributed by atoms with van der Waals surface area (Å²) in [4.78, 5) is 14.2. The maximum Gasteiger partial charge on any atom is 0.516 e. The second-order valence-electron chi connectivity index (χ2n) is 8.84. The summed E-state index contributed by atoms with van der Waals surface area (Å²) in [5.74, 6) is -0.623. The number of aromatic nitrogens is 2. The molecule has 0 unspecified atom stereocenters. The Morgan fingerprint density at radius 1 is 1.19 bits per heavy atom. The number of alkyl halides is 3. The standard InChI is InChI=1S/C21H25F3N6O4S2/c1-12(2)30-9-5-6-13-10-15(16(11-17(13)30)29-36(32,33)21(22,23)24)25-27-20-28-26-18(35-20)19(31)34-14-7-3-4-8-14/h10-12,14,29H,3-9H2,1-2H3. The molecule has 0 spiro atoms. The van der Waals surface area contributed by atoms with Gasteiger partial charge < -0.3 is 9.64 Å². The van der Waals surface area contributed by atoms with Crippen LogP contribution in [0.5, 0.6) is 0 Å². The lowest BCUT2D eigenvalue weighted by atomic mass is 9.99. The summed E-state index contributed by atoms with van der Waals surface area (Å²) >= 11 is 0.816. The molecule has 10 nitrogen and oxygen atoms in total. The SMILES string of the molecule is CC(C)N1CCCc2cc(N=Nc3nnc(C(=O)OC4CCCC4)s3)c(NS(=O)(=O)C(F)(F)F)cc21. The predicted octanol–water partition coefficient (Wildman–Crippen LogP) is 5.48. The first kappa shape index (κ1) is 26.3. The molecule has 1 aromatic heterocycles. The second kappa shape index (κ2) is 10.3. The first-order chi connectivity index (χ1) is 16.9. The molecule has 2 heterocycles. The van der Waals surface area contributed by atoms with Gasteiger partial charge in [0.1, 0.15) is 11.8 Å². The fourth-order valence-corrected chi connectivity index (χ4v) is 5.31. The lowest BCUT2D eigenvalue weighted by molar-refractivity contribution is -0.0429. The Labute approximate surface area is 210 Å². The number of azo groups is 1. The van der Waals surface area contributed by atoms with E-state index in [1.54, 1.807) is 4.72 Å². The van der Waals surface area contributed by atoms with Crippen LogP contribution in [0.2, 0.25) is 0 Å². The molecule has 196 valence electrons. The van der Waals surface area contributed by atoms with E-state index in [9.17, 15) is 26.4 Å². The van der Waals surface area contributed by atoms with Gasteiger partial charge in [-0.1, -0.05) is 11.3 Å². The molecule has 1 aliphatic heterocycles. The molecule has 0 atom stereocenters. The average Bonchev–Trinajstić information content (AvgIpc) is 3.48. The van der Waals surface area contributed by atoms with E-state index in [0.717, 1.165) is 49.0 Å². The maximum atomic E-state index is 13.1. The van der Waals surface area contributed by atoms with Crippen molar-refractivity contribution in [3.63, 3.8) is 0 Å². The van der Waals surface area contributed by atoms with Crippen LogP contribution in [-0.2, 0) is 21.2 Å². The summed E-state index contributed by atoms with van der Waals surface area (Å²) < 4.78 is 70.0. The van der Waals surface area contributed by atoms with Crippen LogP contribution < -0.4 is 9.62 Å². The first-order valence-corrected chi connectivity index (χ1v) is 13.7. The van der Waals surface area contributed by atoms with Crippen molar-refractivity contribution < 1.29 is 31.1 Å². The van der Waals surface area contributed by atoms with Crippen molar-refractivity contribution in [3.8, 4) is 0 Å². The topological polar surface area (TPSA) is 126 Å². The molecular formula is C21H25F3N6O4S2. The van der Waals surface area contributed by atoms with Crippen molar-refractivity contribution in [1.29, 1.82) is 0 Å². The quantitative estimate of drug-likeness (QED) is 0.360. The lowest BCUT2D eigenvalue weighted by Gasteiger charge is -2.35. The Bertz CT molecular complexity index is 1260. The number of ether oxygens (including phenoxy) is 1. The molecule has 1 saturated carbocycles. The number of aryl methyl sites for hydroxylation is 1. The molecule has 0 bridgehead atoms. The van der Waals surface area contributed by atoms with Gasteiger partial charge in [0.05, 0.1) is 5.69 Å². The molecule has 36 heavy (non-hydrogen) atoms. The van der Waals surface area contributed by atoms with Gasteiger partial charge in [-0.05, 0) is 70.1 Å². The number of benzene rings is 1. The summed E-state index contributed by atoms with van der Waals surface area (Å²) in [6.45, 7) is 4.56. The third-order valence-electron chi connectivity index (χ3n) is 5.93. The van der Waals surface area contributed by atoms with Crippen LogP contribution >= 0.6 is 11.3 Å². The Morgan fingerprint density at radius 3 is 2.58 bits per heavy atom. The molecule has 2 aliphatic rings. The predicted molar refractivity (Wildman–Crippen MR) is 128 cm³/mol. The van der Waals surface area contributed by atoms with Gasteiger partial charge in [-0.25, -0.2) is 4.79 Å². The number of anilines is 2. The van der Waals surface area contributed by atoms with E-state index in [1.807, 2.05) is 18.7 Å². The molecule has 0 radical (unpaired) electrons. The molecule has 2 aromatic rings. The highest BCUT2D eigenvalue weighted by Crippen LogP contribution is 2.40. The molecule has 1 aromatic carbocycles. The zero-order valence-corrected chi connectivity index (χ0v) is 21.2. The molecular weight excluding hydrogens is 521 g/mol. The van der Waals surface area contributed by atoms with Gasteiger partial charge in [-0.2, -0.15) is 21.6 Å². The van der Waals surface area contributed by atoms with E-state index in [0.29, 0.717) is 18.7 Å². The summed E-state index contributed by atoms with van der Waals surface area (Å²) in [6, 6.07) is 2.90. The van der Waals surface area contributed by atoms with Gasteiger partial charge >= 0.3 is 21.5 Å². The smallest absolute Gasteiger partial charge is 0.457 e. The van der Waals surface area contributed by atoms with Crippen molar-refractivity contribution in [2.45, 2.75) is 70.0 Å². The molecule has 1 aliphatic carbocycles. The van der Waals surface area contributed by atoms with Gasteiger partial charge in [-0.15, -0.1) is 20.4 Å². The number of sulfonamides is 1. The largest absolute Gasteiger partial charge is 0.516 e. The highest BCUT2D eigenvalue weighted by Gasteiger charge is 2.46. The van der Waals surface area contributed by atoms with Crippen molar-refractivity contribution in [1.82, 2.24) is 10.2 Å². The number of carbonyl (C=O) groups is 1. The minimum atomic E-state index is -5.70. The molecule has 1 N–H and O–H groups in total. The Kier molecular flexibility index (Phi) is 7.50. The van der Waals surface area contributed by atoms with Crippen molar-refractivity contribution in [2.75, 3.05) is 16.2 Å². The zero-order chi connectivity index (χ0) is 26.1. The Balaban J connectivity index is 1.63. The van der Waals surface area contributed by atoms with Crippen LogP contribution in [0.4, 0.5) is 35.4 Å². The third-order valence-corrected chi connectivity index (χ3v) is 7.82. The number of nitrogens with one attached hydrogen (secondary N) is 1. The van der Waals surface area contributed by atoms with Gasteiger partial charge in [0.25, 0.3) is 5.13 Å². The maximum absolute atomic E-state index is 13.1. The van der Waals surface area contributed by atoms with Gasteiger partial charge in [-0.3, -0.25) is 4.72 Å². The summed E-state index contributed by atoms with van der Waals surface area (Å²) in [5, 5.41) is 15.3. The number of rotatable bonds is 7. The molecule has 0 saturated heterocycles. The fourth-order valence-electron chi connectivity index (χ4n) is 4.19. The van der Waals surface area contributed by atoms with E-state index in [1.165, 1.54) is 12.1 Å². The zero-order valence-electron chi connectivity index (χ0n) is 19.6. The van der Waals surface area contributed by atoms with Crippen molar-refractivity contribution in [3.05, 3.63) is 22.7 Å². The van der Waals surface area contributed by atoms with Crippen LogP contribution in [0.3, 0.4) is 0 Å². The van der Waals surface area contributed by atoms with Gasteiger partial charge in [0.2, 0.25) is 5.01 Å². The van der Waals surface area contributed by atoms with E-state index >= 15 is 0 Å². The normalized spacial score (nSPS) is 17.1. The van der Waals surface area contributed by atoms with Gasteiger partial charge in [0.15, 0.2) is 0 Å². The van der Waals surface area contributed by atoms with E-state index in [-0.39, 0.29) is 33.7 Å². The molecule has 0 amide bonds. The number of nitrogens with zero attached hydrogens (tertiary/aromatic N) is 5. The highest BCUT2D eigenvalue weighted by atomic mass is 32.2. The van der Waals surface area contributed by atoms with E-state index in [2.05, 4.69) is 20.4 Å². The highest BCUT2D eigenvalue weighted by molar-refractivity contribution is 7.93. The fraction of sp³-hybridized carbons (Fsp3) is 0.571. The van der Waals surface area contributed by atoms with Crippen molar-refractivity contribution in [2.24, 2.45) is 10.2 Å². The molecule has 4 rings (SSSR count). The Hall–Kier alpha value is -2.81. The van der Waals surface area contributed by atoms with Crippen LogP contribution in [0.15, 0.2) is 22.4 Å². The second-order valence-corrected chi connectivity index (χ2v) is 11.5. The van der Waals surface area contributed by atoms with Crippen molar-refractivity contribution >= 4 is 49.5 Å². The lowest BCUT2D eigenvalue weighted by Crippen LogP contribution is -2.35. The van der Waals surface area contributed by atoms with Crippen LogP contribution in [0.25, 0.3) is 0 Å². The number of esters is 1.